The van der Waals surface area contributed by atoms with Gasteiger partial charge in [-0.1, -0.05) is 12.1 Å². The van der Waals surface area contributed by atoms with Gasteiger partial charge in [-0.2, -0.15) is 0 Å². The maximum absolute atomic E-state index is 13.9. The Morgan fingerprint density at radius 1 is 1.38 bits per heavy atom. The fourth-order valence-corrected chi connectivity index (χ4v) is 3.68. The summed E-state index contributed by atoms with van der Waals surface area (Å²) in [5.74, 6) is -0.147. The van der Waals surface area contributed by atoms with Gasteiger partial charge in [-0.15, -0.1) is 0 Å². The van der Waals surface area contributed by atoms with Gasteiger partial charge in [-0.05, 0) is 38.6 Å². The molecule has 24 heavy (non-hydrogen) atoms. The van der Waals surface area contributed by atoms with Gasteiger partial charge >= 0.3 is 0 Å². The number of fused-ring (bicyclic) bond motifs is 1. The minimum atomic E-state index is -0.352. The molecule has 1 aromatic heterocycles. The van der Waals surface area contributed by atoms with Crippen molar-refractivity contribution in [2.45, 2.75) is 6.92 Å². The molecular formula is C18H24FN3O2. The average molecular weight is 333 g/mol. The Morgan fingerprint density at radius 2 is 2.08 bits per heavy atom. The number of nitrogens with zero attached hydrogens (tertiary/aromatic N) is 2. The fourth-order valence-electron chi connectivity index (χ4n) is 3.68. The lowest BCUT2D eigenvalue weighted by Gasteiger charge is -2.20. The lowest BCUT2D eigenvalue weighted by Crippen LogP contribution is -2.31. The van der Waals surface area contributed by atoms with E-state index in [0.29, 0.717) is 24.3 Å². The van der Waals surface area contributed by atoms with E-state index in [1.807, 2.05) is 27.1 Å². The van der Waals surface area contributed by atoms with Gasteiger partial charge in [0, 0.05) is 37.5 Å². The first kappa shape index (κ1) is 16.9. The first-order valence-corrected chi connectivity index (χ1v) is 8.24. The number of H-pyrrole nitrogens is 1. The molecule has 1 aliphatic rings. The lowest BCUT2D eigenvalue weighted by atomic mass is 9.97. The van der Waals surface area contributed by atoms with E-state index < -0.39 is 0 Å². The summed E-state index contributed by atoms with van der Waals surface area (Å²) in [6, 6.07) is 4.85. The molecule has 1 saturated heterocycles. The number of amides is 1. The van der Waals surface area contributed by atoms with Gasteiger partial charge in [-0.3, -0.25) is 4.79 Å². The van der Waals surface area contributed by atoms with Crippen LogP contribution in [0.3, 0.4) is 0 Å². The summed E-state index contributed by atoms with van der Waals surface area (Å²) in [5, 5.41) is 10.3. The summed E-state index contributed by atoms with van der Waals surface area (Å²) in [7, 11) is 3.98. The van der Waals surface area contributed by atoms with Crippen molar-refractivity contribution < 1.29 is 14.3 Å². The van der Waals surface area contributed by atoms with Crippen molar-refractivity contribution in [3.05, 3.63) is 35.3 Å². The van der Waals surface area contributed by atoms with Crippen molar-refractivity contribution >= 4 is 16.8 Å². The Hall–Kier alpha value is -1.92. The predicted octanol–water partition coefficient (Wildman–Crippen LogP) is 1.86. The Morgan fingerprint density at radius 3 is 2.71 bits per heavy atom. The molecular weight excluding hydrogens is 309 g/mol. The molecule has 0 unspecified atom stereocenters. The van der Waals surface area contributed by atoms with Crippen LogP contribution < -0.4 is 0 Å². The number of hydrogen-bond acceptors (Lipinski definition) is 3. The molecule has 2 atom stereocenters. The maximum atomic E-state index is 13.9. The molecule has 1 amide bonds. The summed E-state index contributed by atoms with van der Waals surface area (Å²) in [4.78, 5) is 19.7. The van der Waals surface area contributed by atoms with Crippen molar-refractivity contribution in [1.29, 1.82) is 0 Å². The van der Waals surface area contributed by atoms with Crippen LogP contribution in [0.5, 0.6) is 0 Å². The highest BCUT2D eigenvalue weighted by molar-refractivity contribution is 6.01. The number of nitrogens with one attached hydrogen (secondary N) is 1. The summed E-state index contributed by atoms with van der Waals surface area (Å²) < 4.78 is 13.9. The highest BCUT2D eigenvalue weighted by atomic mass is 19.1. The van der Waals surface area contributed by atoms with Crippen molar-refractivity contribution in [2.24, 2.45) is 11.8 Å². The standard InChI is InChI=1S/C18H24FN3O2/c1-11-14-5-4-6-15(19)17(14)20-16(11)18(24)22-8-12(7-21(2)3)13(9-22)10-23/h4-6,12-13,20,23H,7-10H2,1-3H3/t12-,13-/m1/s1. The van der Waals surface area contributed by atoms with Crippen molar-refractivity contribution in [3.63, 3.8) is 0 Å². The minimum absolute atomic E-state index is 0.0720. The molecule has 0 aliphatic carbocycles. The number of likely N-dealkylation sites (tertiary alicyclic amines) is 1. The number of halogens is 1. The van der Waals surface area contributed by atoms with Gasteiger partial charge in [0.2, 0.25) is 0 Å². The molecule has 0 spiro atoms. The first-order valence-electron chi connectivity index (χ1n) is 8.24. The Labute approximate surface area is 141 Å². The molecule has 1 aliphatic heterocycles. The zero-order chi connectivity index (χ0) is 17.4. The minimum Gasteiger partial charge on any atom is -0.396 e. The number of carbonyl (C=O) groups excluding carboxylic acids is 1. The van der Waals surface area contributed by atoms with Crippen LogP contribution in [0.4, 0.5) is 4.39 Å². The topological polar surface area (TPSA) is 59.6 Å². The summed E-state index contributed by atoms with van der Waals surface area (Å²) >= 11 is 0. The van der Waals surface area contributed by atoms with E-state index in [4.69, 9.17) is 0 Å². The molecule has 2 aromatic rings. The van der Waals surface area contributed by atoms with Crippen molar-refractivity contribution in [3.8, 4) is 0 Å². The van der Waals surface area contributed by atoms with E-state index >= 15 is 0 Å². The van der Waals surface area contributed by atoms with Crippen molar-refractivity contribution in [1.82, 2.24) is 14.8 Å². The second-order valence-corrected chi connectivity index (χ2v) is 6.96. The van der Waals surface area contributed by atoms with Gasteiger partial charge in [-0.25, -0.2) is 4.39 Å². The number of benzene rings is 1. The number of aromatic amines is 1. The molecule has 1 aromatic carbocycles. The van der Waals surface area contributed by atoms with Crippen LogP contribution in [0, 0.1) is 24.6 Å². The smallest absolute Gasteiger partial charge is 0.270 e. The normalized spacial score (nSPS) is 21.2. The van der Waals surface area contributed by atoms with Crippen LogP contribution in [0.25, 0.3) is 10.9 Å². The molecule has 5 nitrogen and oxygen atoms in total. The third kappa shape index (κ3) is 2.91. The summed E-state index contributed by atoms with van der Waals surface area (Å²) in [5.41, 5.74) is 1.59. The van der Waals surface area contributed by atoms with E-state index in [0.717, 1.165) is 17.5 Å². The van der Waals surface area contributed by atoms with Crippen LogP contribution in [0.2, 0.25) is 0 Å². The number of aryl methyl sites for hydroxylation is 1. The van der Waals surface area contributed by atoms with Crippen LogP contribution >= 0.6 is 0 Å². The van der Waals surface area contributed by atoms with E-state index in [1.165, 1.54) is 6.07 Å². The molecule has 0 radical (unpaired) electrons. The monoisotopic (exact) mass is 333 g/mol. The largest absolute Gasteiger partial charge is 0.396 e. The SMILES string of the molecule is Cc1c(C(=O)N2C[C@@H](CN(C)C)[C@@H](CO)C2)[nH]c2c(F)cccc12. The molecule has 2 heterocycles. The highest BCUT2D eigenvalue weighted by Crippen LogP contribution is 2.28. The molecule has 1 fully saturated rings. The number of hydrogen-bond donors (Lipinski definition) is 2. The number of carbonyl (C=O) groups is 1. The second kappa shape index (κ2) is 6.53. The average Bonchev–Trinajstić information content (AvgIpc) is 3.09. The van der Waals surface area contributed by atoms with E-state index in [-0.39, 0.29) is 30.2 Å². The number of aliphatic hydroxyl groups is 1. The molecule has 0 saturated carbocycles. The Kier molecular flexibility index (Phi) is 4.60. The van der Waals surface area contributed by atoms with Crippen LogP contribution in [-0.4, -0.2) is 66.1 Å². The fraction of sp³-hybridized carbons (Fsp3) is 0.500. The molecule has 2 N–H and O–H groups in total. The van der Waals surface area contributed by atoms with E-state index in [9.17, 15) is 14.3 Å². The second-order valence-electron chi connectivity index (χ2n) is 6.96. The van der Waals surface area contributed by atoms with Gasteiger partial charge in [0.15, 0.2) is 0 Å². The van der Waals surface area contributed by atoms with Crippen LogP contribution in [0.15, 0.2) is 18.2 Å². The summed E-state index contributed by atoms with van der Waals surface area (Å²) in [6.45, 7) is 3.88. The van der Waals surface area contributed by atoms with Gasteiger partial charge < -0.3 is 19.9 Å². The molecule has 0 bridgehead atoms. The van der Waals surface area contributed by atoms with E-state index in [2.05, 4.69) is 9.88 Å². The van der Waals surface area contributed by atoms with Crippen molar-refractivity contribution in [2.75, 3.05) is 40.3 Å². The van der Waals surface area contributed by atoms with E-state index in [1.54, 1.807) is 11.0 Å². The van der Waals surface area contributed by atoms with Crippen LogP contribution in [-0.2, 0) is 0 Å². The van der Waals surface area contributed by atoms with Gasteiger partial charge in [0.05, 0.1) is 5.52 Å². The van der Waals surface area contributed by atoms with Gasteiger partial charge in [0.1, 0.15) is 11.5 Å². The highest BCUT2D eigenvalue weighted by Gasteiger charge is 2.36. The van der Waals surface area contributed by atoms with Gasteiger partial charge in [0.25, 0.3) is 5.91 Å². The zero-order valence-electron chi connectivity index (χ0n) is 14.3. The number of rotatable bonds is 4. The number of para-hydroxylation sites is 1. The first-order chi connectivity index (χ1) is 11.4. The third-order valence-corrected chi connectivity index (χ3v) is 4.95. The maximum Gasteiger partial charge on any atom is 0.270 e. The zero-order valence-corrected chi connectivity index (χ0v) is 14.3. The molecule has 130 valence electrons. The quantitative estimate of drug-likeness (QED) is 0.898. The lowest BCUT2D eigenvalue weighted by molar-refractivity contribution is 0.0774. The molecule has 3 rings (SSSR count). The molecule has 6 heteroatoms. The Balaban J connectivity index is 1.87. The Bertz CT molecular complexity index is 756. The third-order valence-electron chi connectivity index (χ3n) is 4.95. The number of aliphatic hydroxyl groups excluding tert-OH is 1. The predicted molar refractivity (Wildman–Crippen MR) is 91.5 cm³/mol. The number of aromatic nitrogens is 1. The summed E-state index contributed by atoms with van der Waals surface area (Å²) in [6.07, 6.45) is 0. The van der Waals surface area contributed by atoms with Crippen LogP contribution in [0.1, 0.15) is 16.1 Å².